The highest BCUT2D eigenvalue weighted by atomic mass is 32.2. The fourth-order valence-electron chi connectivity index (χ4n) is 2.90. The van der Waals surface area contributed by atoms with Crippen molar-refractivity contribution in [1.82, 2.24) is 4.31 Å². The van der Waals surface area contributed by atoms with Gasteiger partial charge in [0.1, 0.15) is 22.2 Å². The minimum Gasteiger partial charge on any atom is -0.497 e. The largest absolute Gasteiger partial charge is 0.497 e. The molecule has 1 aromatic carbocycles. The van der Waals surface area contributed by atoms with Crippen molar-refractivity contribution in [1.29, 1.82) is 0 Å². The van der Waals surface area contributed by atoms with E-state index in [2.05, 4.69) is 0 Å². The summed E-state index contributed by atoms with van der Waals surface area (Å²) in [6.07, 6.45) is 3.08. The molecule has 0 N–H and O–H groups in total. The zero-order valence-electron chi connectivity index (χ0n) is 13.1. The van der Waals surface area contributed by atoms with Crippen molar-refractivity contribution < 1.29 is 22.3 Å². The number of sulfonamides is 1. The summed E-state index contributed by atoms with van der Waals surface area (Å²) >= 11 is 0. The van der Waals surface area contributed by atoms with Gasteiger partial charge in [0.2, 0.25) is 10.0 Å². The van der Waals surface area contributed by atoms with E-state index in [4.69, 9.17) is 13.9 Å². The number of methoxy groups -OCH3 is 2. The maximum Gasteiger partial charge on any atom is 0.247 e. The predicted molar refractivity (Wildman–Crippen MR) is 84.1 cm³/mol. The van der Waals surface area contributed by atoms with E-state index in [1.807, 2.05) is 0 Å². The molecule has 6 nitrogen and oxygen atoms in total. The molecule has 1 aromatic heterocycles. The monoisotopic (exact) mass is 337 g/mol. The maximum absolute atomic E-state index is 13.1. The molecule has 0 aliphatic carbocycles. The van der Waals surface area contributed by atoms with E-state index in [1.165, 1.54) is 24.6 Å². The first-order valence-electron chi connectivity index (χ1n) is 7.35. The van der Waals surface area contributed by atoms with Gasteiger partial charge in [-0.25, -0.2) is 8.42 Å². The molecule has 0 amide bonds. The van der Waals surface area contributed by atoms with Crippen LogP contribution in [0, 0.1) is 0 Å². The van der Waals surface area contributed by atoms with Crippen LogP contribution in [0.2, 0.25) is 0 Å². The van der Waals surface area contributed by atoms with Crippen molar-refractivity contribution in [2.45, 2.75) is 23.8 Å². The minimum absolute atomic E-state index is 0.109. The second-order valence-electron chi connectivity index (χ2n) is 5.31. The quantitative estimate of drug-likeness (QED) is 0.839. The Kier molecular flexibility index (Phi) is 4.32. The predicted octanol–water partition coefficient (Wildman–Crippen LogP) is 2.82. The molecular formula is C16H19NO5S. The molecule has 0 unspecified atom stereocenters. The van der Waals surface area contributed by atoms with Crippen LogP contribution < -0.4 is 9.47 Å². The molecule has 1 aliphatic rings. The van der Waals surface area contributed by atoms with E-state index in [0.29, 0.717) is 23.8 Å². The summed E-state index contributed by atoms with van der Waals surface area (Å²) in [7, 11) is -0.768. The van der Waals surface area contributed by atoms with Crippen molar-refractivity contribution >= 4 is 10.0 Å². The zero-order valence-corrected chi connectivity index (χ0v) is 13.9. The Bertz CT molecular complexity index is 770. The van der Waals surface area contributed by atoms with Crippen LogP contribution in [0.3, 0.4) is 0 Å². The van der Waals surface area contributed by atoms with Crippen molar-refractivity contribution in [2.75, 3.05) is 20.8 Å². The van der Waals surface area contributed by atoms with Gasteiger partial charge < -0.3 is 13.9 Å². The van der Waals surface area contributed by atoms with Crippen LogP contribution in [-0.4, -0.2) is 33.5 Å². The number of furan rings is 1. The molecule has 1 saturated heterocycles. The number of benzene rings is 1. The topological polar surface area (TPSA) is 69.0 Å². The summed E-state index contributed by atoms with van der Waals surface area (Å²) in [5.74, 6) is 1.43. The van der Waals surface area contributed by atoms with E-state index in [1.54, 1.807) is 30.5 Å². The molecule has 3 rings (SSSR count). The fraction of sp³-hybridized carbons (Fsp3) is 0.375. The SMILES string of the molecule is COc1ccc(OC)c(S(=O)(=O)N2CCC[C@@H]2c2ccco2)c1. The second-order valence-corrected chi connectivity index (χ2v) is 7.16. The zero-order chi connectivity index (χ0) is 16.4. The number of rotatable bonds is 5. The second kappa shape index (κ2) is 6.25. The lowest BCUT2D eigenvalue weighted by molar-refractivity contribution is 0.336. The molecule has 7 heteroatoms. The summed E-state index contributed by atoms with van der Waals surface area (Å²) in [6.45, 7) is 0.452. The first-order chi connectivity index (χ1) is 11.1. The highest BCUT2D eigenvalue weighted by Gasteiger charge is 2.39. The molecular weight excluding hydrogens is 318 g/mol. The maximum atomic E-state index is 13.1. The molecule has 1 aliphatic heterocycles. The van der Waals surface area contributed by atoms with Gasteiger partial charge in [0.05, 0.1) is 26.5 Å². The number of hydrogen-bond donors (Lipinski definition) is 0. The van der Waals surface area contributed by atoms with Crippen molar-refractivity contribution in [3.05, 3.63) is 42.4 Å². The fourth-order valence-corrected chi connectivity index (χ4v) is 4.74. The molecule has 23 heavy (non-hydrogen) atoms. The van der Waals surface area contributed by atoms with Gasteiger partial charge in [-0.15, -0.1) is 0 Å². The molecule has 0 radical (unpaired) electrons. The first-order valence-corrected chi connectivity index (χ1v) is 8.79. The summed E-state index contributed by atoms with van der Waals surface area (Å²) in [4.78, 5) is 0.109. The van der Waals surface area contributed by atoms with E-state index in [0.717, 1.165) is 12.8 Å². The van der Waals surface area contributed by atoms with Gasteiger partial charge in [-0.05, 0) is 37.1 Å². The minimum atomic E-state index is -3.72. The Hall–Kier alpha value is -1.99. The Balaban J connectivity index is 2.04. The van der Waals surface area contributed by atoms with E-state index >= 15 is 0 Å². The van der Waals surface area contributed by atoms with Crippen LogP contribution in [-0.2, 0) is 10.0 Å². The molecule has 2 heterocycles. The summed E-state index contributed by atoms with van der Waals surface area (Å²) in [5, 5.41) is 0. The average Bonchev–Trinajstić information content (AvgIpc) is 3.24. The third kappa shape index (κ3) is 2.82. The summed E-state index contributed by atoms with van der Waals surface area (Å²) in [5.41, 5.74) is 0. The highest BCUT2D eigenvalue weighted by molar-refractivity contribution is 7.89. The molecule has 1 fully saturated rings. The van der Waals surface area contributed by atoms with Crippen LogP contribution in [0.25, 0.3) is 0 Å². The van der Waals surface area contributed by atoms with Gasteiger partial charge in [-0.2, -0.15) is 4.31 Å². The van der Waals surface area contributed by atoms with Crippen molar-refractivity contribution in [3.8, 4) is 11.5 Å². The summed E-state index contributed by atoms with van der Waals surface area (Å²) in [6, 6.07) is 8.05. The molecule has 124 valence electrons. The smallest absolute Gasteiger partial charge is 0.247 e. The Morgan fingerprint density at radius 1 is 1.22 bits per heavy atom. The van der Waals surface area contributed by atoms with Gasteiger partial charge >= 0.3 is 0 Å². The van der Waals surface area contributed by atoms with Crippen molar-refractivity contribution in [2.24, 2.45) is 0 Å². The van der Waals surface area contributed by atoms with E-state index in [-0.39, 0.29) is 10.9 Å². The first kappa shape index (κ1) is 15.9. The lowest BCUT2D eigenvalue weighted by Crippen LogP contribution is -2.30. The van der Waals surface area contributed by atoms with E-state index < -0.39 is 10.0 Å². The molecule has 1 atom stereocenters. The van der Waals surface area contributed by atoms with Crippen LogP contribution in [0.5, 0.6) is 11.5 Å². The molecule has 0 bridgehead atoms. The third-order valence-corrected chi connectivity index (χ3v) is 5.96. The van der Waals surface area contributed by atoms with Crippen LogP contribution in [0.4, 0.5) is 0 Å². The lowest BCUT2D eigenvalue weighted by Gasteiger charge is -2.23. The van der Waals surface area contributed by atoms with E-state index in [9.17, 15) is 8.42 Å². The highest BCUT2D eigenvalue weighted by Crippen LogP contribution is 2.39. The number of hydrogen-bond acceptors (Lipinski definition) is 5. The number of nitrogens with zero attached hydrogens (tertiary/aromatic N) is 1. The van der Waals surface area contributed by atoms with Gasteiger partial charge in [0.15, 0.2) is 0 Å². The Morgan fingerprint density at radius 3 is 2.70 bits per heavy atom. The van der Waals surface area contributed by atoms with Crippen molar-refractivity contribution in [3.63, 3.8) is 0 Å². The normalized spacial score (nSPS) is 19.0. The molecule has 2 aromatic rings. The summed E-state index contributed by atoms with van der Waals surface area (Å²) < 4.78 is 43.6. The lowest BCUT2D eigenvalue weighted by atomic mass is 10.2. The van der Waals surface area contributed by atoms with Gasteiger partial charge in [0, 0.05) is 12.6 Å². The standard InChI is InChI=1S/C16H19NO5S/c1-20-12-7-8-15(21-2)16(11-12)23(18,19)17-9-3-5-13(17)14-6-4-10-22-14/h4,6-8,10-11,13H,3,5,9H2,1-2H3/t13-/m1/s1. The molecule has 0 saturated carbocycles. The van der Waals surface area contributed by atoms with Gasteiger partial charge in [-0.3, -0.25) is 0 Å². The Morgan fingerprint density at radius 2 is 2.04 bits per heavy atom. The molecule has 0 spiro atoms. The van der Waals surface area contributed by atoms with Gasteiger partial charge in [0.25, 0.3) is 0 Å². The average molecular weight is 337 g/mol. The number of ether oxygens (including phenoxy) is 2. The van der Waals surface area contributed by atoms with Crippen LogP contribution in [0.1, 0.15) is 24.6 Å². The van der Waals surface area contributed by atoms with Crippen LogP contribution >= 0.6 is 0 Å². The van der Waals surface area contributed by atoms with Crippen LogP contribution in [0.15, 0.2) is 45.9 Å². The Labute approximate surface area is 135 Å². The third-order valence-electron chi connectivity index (χ3n) is 4.03. The van der Waals surface area contributed by atoms with Gasteiger partial charge in [-0.1, -0.05) is 0 Å².